The Bertz CT molecular complexity index is 487. The smallest absolute Gasteiger partial charge is 0.221 e. The third kappa shape index (κ3) is 1.81. The van der Waals surface area contributed by atoms with Crippen LogP contribution < -0.4 is 5.32 Å². The van der Waals surface area contributed by atoms with Crippen LogP contribution in [0.15, 0.2) is 12.1 Å². The summed E-state index contributed by atoms with van der Waals surface area (Å²) in [6, 6.07) is 2.19. The van der Waals surface area contributed by atoms with E-state index in [2.05, 4.69) is 5.32 Å². The molecule has 0 spiro atoms. The molecule has 17 heavy (non-hydrogen) atoms. The molecule has 1 amide bonds. The van der Waals surface area contributed by atoms with E-state index < -0.39 is 17.0 Å². The molecule has 2 nitrogen and oxygen atoms in total. The molecule has 2 rings (SSSR count). The molecule has 0 saturated carbocycles. The number of hydrogen-bond acceptors (Lipinski definition) is 1. The zero-order valence-electron chi connectivity index (χ0n) is 10.1. The Kier molecular flexibility index (Phi) is 2.68. The molecule has 0 bridgehead atoms. The third-order valence-corrected chi connectivity index (χ3v) is 3.72. The molecule has 92 valence electrons. The van der Waals surface area contributed by atoms with Crippen LogP contribution in [0.1, 0.15) is 31.4 Å². The minimum Gasteiger partial charge on any atom is -0.353 e. The minimum absolute atomic E-state index is 0.125. The van der Waals surface area contributed by atoms with Crippen molar-refractivity contribution in [1.29, 1.82) is 0 Å². The topological polar surface area (TPSA) is 29.1 Å². The summed E-state index contributed by atoms with van der Waals surface area (Å²) in [5.41, 5.74) is -0.137. The number of halogens is 2. The Morgan fingerprint density at radius 2 is 2.00 bits per heavy atom. The van der Waals surface area contributed by atoms with E-state index in [4.69, 9.17) is 0 Å². The second-order valence-electron chi connectivity index (χ2n) is 4.96. The van der Waals surface area contributed by atoms with E-state index in [1.807, 2.05) is 6.92 Å². The molecule has 1 N–H and O–H groups in total. The molecule has 1 saturated heterocycles. The van der Waals surface area contributed by atoms with Crippen molar-refractivity contribution in [3.63, 3.8) is 0 Å². The van der Waals surface area contributed by atoms with Crippen molar-refractivity contribution < 1.29 is 13.6 Å². The average Bonchev–Trinajstić information content (AvgIpc) is 2.47. The van der Waals surface area contributed by atoms with Crippen LogP contribution in [0.2, 0.25) is 0 Å². The quantitative estimate of drug-likeness (QED) is 0.801. The van der Waals surface area contributed by atoms with E-state index in [1.165, 1.54) is 19.1 Å². The fourth-order valence-corrected chi connectivity index (χ4v) is 2.35. The number of nitrogens with one attached hydrogen (secondary N) is 1. The van der Waals surface area contributed by atoms with E-state index in [-0.39, 0.29) is 29.5 Å². The van der Waals surface area contributed by atoms with Crippen LogP contribution in [-0.4, -0.2) is 11.9 Å². The Hall–Kier alpha value is -1.45. The van der Waals surface area contributed by atoms with Crippen molar-refractivity contribution in [3.05, 3.63) is 34.9 Å². The first-order valence-electron chi connectivity index (χ1n) is 5.60. The third-order valence-electron chi connectivity index (χ3n) is 3.72. The van der Waals surface area contributed by atoms with Crippen molar-refractivity contribution in [2.75, 3.05) is 0 Å². The first-order valence-corrected chi connectivity index (χ1v) is 5.60. The average molecular weight is 239 g/mol. The predicted molar refractivity (Wildman–Crippen MR) is 60.7 cm³/mol. The molecule has 1 aromatic rings. The first kappa shape index (κ1) is 12.0. The van der Waals surface area contributed by atoms with Gasteiger partial charge in [-0.2, -0.15) is 0 Å². The molecule has 1 aliphatic rings. The maximum absolute atomic E-state index is 13.9. The fourth-order valence-electron chi connectivity index (χ4n) is 2.35. The number of aryl methyl sites for hydroxylation is 1. The fraction of sp³-hybridized carbons (Fsp3) is 0.462. The second-order valence-corrected chi connectivity index (χ2v) is 4.96. The molecule has 2 atom stereocenters. The van der Waals surface area contributed by atoms with E-state index in [1.54, 1.807) is 6.92 Å². The second kappa shape index (κ2) is 3.79. The summed E-state index contributed by atoms with van der Waals surface area (Å²) in [6.45, 7) is 5.11. The number of hydrogen-bond donors (Lipinski definition) is 1. The van der Waals surface area contributed by atoms with Gasteiger partial charge in [0.25, 0.3) is 0 Å². The van der Waals surface area contributed by atoms with Gasteiger partial charge in [0.1, 0.15) is 11.6 Å². The minimum atomic E-state index is -0.685. The van der Waals surface area contributed by atoms with Crippen LogP contribution in [0.3, 0.4) is 0 Å². The molecular formula is C13H15F2NO. The number of benzene rings is 1. The summed E-state index contributed by atoms with van der Waals surface area (Å²) in [5.74, 6) is -1.01. The lowest BCUT2D eigenvalue weighted by Crippen LogP contribution is -2.36. The molecule has 1 heterocycles. The first-order chi connectivity index (χ1) is 7.84. The molecule has 4 heteroatoms. The molecular weight excluding hydrogens is 224 g/mol. The summed E-state index contributed by atoms with van der Waals surface area (Å²) in [7, 11) is 0. The lowest BCUT2D eigenvalue weighted by molar-refractivity contribution is -0.119. The normalized spacial score (nSPS) is 28.3. The standard InChI is InChI=1S/C13H15F2NO/c1-7-4-11(15)9(5-10(7)14)13(3)6-12(17)16-8(13)2/h4-5,8H,6H2,1-3H3,(H,16,17). The van der Waals surface area contributed by atoms with Crippen molar-refractivity contribution in [3.8, 4) is 0 Å². The highest BCUT2D eigenvalue weighted by atomic mass is 19.1. The van der Waals surface area contributed by atoms with Crippen molar-refractivity contribution in [1.82, 2.24) is 5.32 Å². The van der Waals surface area contributed by atoms with Crippen molar-refractivity contribution >= 4 is 5.91 Å². The van der Waals surface area contributed by atoms with E-state index in [0.717, 1.165) is 0 Å². The molecule has 0 aromatic heterocycles. The van der Waals surface area contributed by atoms with E-state index >= 15 is 0 Å². The van der Waals surface area contributed by atoms with Gasteiger partial charge in [-0.1, -0.05) is 6.92 Å². The molecule has 0 aliphatic carbocycles. The van der Waals surface area contributed by atoms with Gasteiger partial charge in [-0.3, -0.25) is 4.79 Å². The Morgan fingerprint density at radius 1 is 1.35 bits per heavy atom. The monoisotopic (exact) mass is 239 g/mol. The Morgan fingerprint density at radius 3 is 2.53 bits per heavy atom. The van der Waals surface area contributed by atoms with Gasteiger partial charge >= 0.3 is 0 Å². The van der Waals surface area contributed by atoms with Crippen molar-refractivity contribution in [2.24, 2.45) is 0 Å². The number of amides is 1. The summed E-state index contributed by atoms with van der Waals surface area (Å²) in [4.78, 5) is 11.4. The van der Waals surface area contributed by atoms with Gasteiger partial charge in [0, 0.05) is 17.9 Å². The maximum Gasteiger partial charge on any atom is 0.221 e. The maximum atomic E-state index is 13.9. The molecule has 2 unspecified atom stereocenters. The van der Waals surface area contributed by atoms with E-state index in [0.29, 0.717) is 0 Å². The largest absolute Gasteiger partial charge is 0.353 e. The van der Waals surface area contributed by atoms with Crippen molar-refractivity contribution in [2.45, 2.75) is 38.6 Å². The molecule has 1 aromatic carbocycles. The van der Waals surface area contributed by atoms with Crippen LogP contribution in [-0.2, 0) is 10.2 Å². The zero-order valence-corrected chi connectivity index (χ0v) is 10.1. The van der Waals surface area contributed by atoms with Crippen LogP contribution >= 0.6 is 0 Å². The lowest BCUT2D eigenvalue weighted by atomic mass is 9.76. The van der Waals surface area contributed by atoms with Crippen LogP contribution in [0.25, 0.3) is 0 Å². The van der Waals surface area contributed by atoms with E-state index in [9.17, 15) is 13.6 Å². The van der Waals surface area contributed by atoms with Gasteiger partial charge in [-0.05, 0) is 37.1 Å². The highest BCUT2D eigenvalue weighted by Crippen LogP contribution is 2.37. The van der Waals surface area contributed by atoms with Crippen LogP contribution in [0, 0.1) is 18.6 Å². The highest BCUT2D eigenvalue weighted by molar-refractivity contribution is 5.81. The number of rotatable bonds is 1. The Labute approximate surface area is 99.0 Å². The number of carbonyl (C=O) groups is 1. The zero-order chi connectivity index (χ0) is 12.8. The van der Waals surface area contributed by atoms with Gasteiger partial charge < -0.3 is 5.32 Å². The predicted octanol–water partition coefficient (Wildman–Crippen LogP) is 2.44. The lowest BCUT2D eigenvalue weighted by Gasteiger charge is -2.28. The molecule has 1 aliphatic heterocycles. The summed E-state index contributed by atoms with van der Waals surface area (Å²) >= 11 is 0. The van der Waals surface area contributed by atoms with Crippen LogP contribution in [0.5, 0.6) is 0 Å². The highest BCUT2D eigenvalue weighted by Gasteiger charge is 2.43. The van der Waals surface area contributed by atoms with Crippen LogP contribution in [0.4, 0.5) is 8.78 Å². The SMILES string of the molecule is Cc1cc(F)c(C2(C)CC(=O)NC2C)cc1F. The van der Waals surface area contributed by atoms with Gasteiger partial charge in [0.05, 0.1) is 0 Å². The van der Waals surface area contributed by atoms with Gasteiger partial charge in [-0.15, -0.1) is 0 Å². The van der Waals surface area contributed by atoms with Gasteiger partial charge in [0.15, 0.2) is 0 Å². The molecule has 1 fully saturated rings. The van der Waals surface area contributed by atoms with Gasteiger partial charge in [-0.25, -0.2) is 8.78 Å². The van der Waals surface area contributed by atoms with Gasteiger partial charge in [0.2, 0.25) is 5.91 Å². The Balaban J connectivity index is 2.54. The summed E-state index contributed by atoms with van der Waals surface area (Å²) in [5, 5.41) is 2.74. The molecule has 0 radical (unpaired) electrons. The summed E-state index contributed by atoms with van der Waals surface area (Å²) < 4.78 is 27.5. The number of carbonyl (C=O) groups excluding carboxylic acids is 1. The summed E-state index contributed by atoms with van der Waals surface area (Å²) in [6.07, 6.45) is 0.188.